The minimum atomic E-state index is -0.833. The number of halogens is 1. The number of carbonyl (C=O) groups is 2. The van der Waals surface area contributed by atoms with E-state index in [1.807, 2.05) is 0 Å². The Morgan fingerprint density at radius 1 is 1.40 bits per heavy atom. The first-order valence-corrected chi connectivity index (χ1v) is 4.29. The third kappa shape index (κ3) is 9.45. The van der Waals surface area contributed by atoms with E-state index < -0.39 is 5.97 Å². The van der Waals surface area contributed by atoms with E-state index in [2.05, 4.69) is 15.4 Å². The first kappa shape index (κ1) is 16.6. The summed E-state index contributed by atoms with van der Waals surface area (Å²) in [6.07, 6.45) is 0. The van der Waals surface area contributed by atoms with Gasteiger partial charge in [0.05, 0.1) is 7.11 Å². The van der Waals surface area contributed by atoms with Crippen molar-refractivity contribution in [3.63, 3.8) is 0 Å². The molecule has 15 heavy (non-hydrogen) atoms. The van der Waals surface area contributed by atoms with E-state index in [9.17, 15) is 4.79 Å². The first-order valence-electron chi connectivity index (χ1n) is 4.29. The van der Waals surface area contributed by atoms with Crippen molar-refractivity contribution in [2.45, 2.75) is 13.0 Å². The molecule has 1 fully saturated rings. The molecule has 3 N–H and O–H groups in total. The Morgan fingerprint density at radius 2 is 1.93 bits per heavy atom. The Kier molecular flexibility index (Phi) is 10.7. The molecule has 0 spiro atoms. The maximum absolute atomic E-state index is 10.8. The van der Waals surface area contributed by atoms with E-state index in [1.165, 1.54) is 7.11 Å². The zero-order chi connectivity index (χ0) is 11.0. The van der Waals surface area contributed by atoms with E-state index in [0.717, 1.165) is 20.0 Å². The Morgan fingerprint density at radius 3 is 2.27 bits per heavy atom. The van der Waals surface area contributed by atoms with Crippen molar-refractivity contribution < 1.29 is 19.4 Å². The number of carboxylic acids is 1. The molecule has 0 aliphatic carbocycles. The van der Waals surface area contributed by atoms with Crippen molar-refractivity contribution >= 4 is 24.3 Å². The highest BCUT2D eigenvalue weighted by Gasteiger charge is 2.19. The van der Waals surface area contributed by atoms with Crippen molar-refractivity contribution in [1.29, 1.82) is 0 Å². The fraction of sp³-hybridized carbons (Fsp3) is 0.750. The number of esters is 1. The van der Waals surface area contributed by atoms with Crippen molar-refractivity contribution in [3.8, 4) is 0 Å². The summed E-state index contributed by atoms with van der Waals surface area (Å²) in [7, 11) is 1.40. The molecule has 0 saturated carbocycles. The summed E-state index contributed by atoms with van der Waals surface area (Å²) < 4.78 is 4.55. The number of methoxy groups -OCH3 is 1. The van der Waals surface area contributed by atoms with Crippen molar-refractivity contribution in [2.75, 3.05) is 26.7 Å². The maximum atomic E-state index is 10.8. The molecule has 1 rings (SSSR count). The molecule has 1 unspecified atom stereocenters. The smallest absolute Gasteiger partial charge is 0.324 e. The summed E-state index contributed by atoms with van der Waals surface area (Å²) in [5.74, 6) is -1.02. The molecule has 0 aromatic heterocycles. The average Bonchev–Trinajstić information content (AvgIpc) is 2.17. The lowest BCUT2D eigenvalue weighted by molar-refractivity contribution is -0.143. The van der Waals surface area contributed by atoms with E-state index in [0.29, 0.717) is 6.54 Å². The highest BCUT2D eigenvalue weighted by molar-refractivity contribution is 5.85. The Hall–Kier alpha value is -0.850. The predicted octanol–water partition coefficient (Wildman–Crippen LogP) is -0.766. The molecule has 0 aromatic carbocycles. The molecule has 90 valence electrons. The van der Waals surface area contributed by atoms with Crippen molar-refractivity contribution in [1.82, 2.24) is 10.6 Å². The second kappa shape index (κ2) is 9.70. The SMILES string of the molecule is CC(=O)O.COC(=O)C1CNCCN1.Cl. The Bertz CT molecular complexity index is 191. The second-order valence-corrected chi connectivity index (χ2v) is 2.75. The van der Waals surface area contributed by atoms with Crippen LogP contribution in [-0.2, 0) is 14.3 Å². The van der Waals surface area contributed by atoms with E-state index in [-0.39, 0.29) is 24.4 Å². The number of ether oxygens (including phenoxy) is 1. The van der Waals surface area contributed by atoms with Gasteiger partial charge in [-0.2, -0.15) is 0 Å². The lowest BCUT2D eigenvalue weighted by Gasteiger charge is -2.21. The van der Waals surface area contributed by atoms with Crippen LogP contribution in [0.2, 0.25) is 0 Å². The van der Waals surface area contributed by atoms with Gasteiger partial charge in [-0.25, -0.2) is 0 Å². The number of aliphatic carboxylic acids is 1. The number of piperazine rings is 1. The lowest BCUT2D eigenvalue weighted by Crippen LogP contribution is -2.52. The van der Waals surface area contributed by atoms with Crippen LogP contribution >= 0.6 is 12.4 Å². The third-order valence-corrected chi connectivity index (χ3v) is 1.53. The van der Waals surface area contributed by atoms with Gasteiger partial charge in [-0.1, -0.05) is 0 Å². The van der Waals surface area contributed by atoms with Gasteiger partial charge in [0.2, 0.25) is 0 Å². The molecule has 0 radical (unpaired) electrons. The van der Waals surface area contributed by atoms with Crippen LogP contribution in [0.5, 0.6) is 0 Å². The van der Waals surface area contributed by atoms with E-state index in [1.54, 1.807) is 0 Å². The number of carboxylic acid groups (broad SMARTS) is 1. The molecular weight excluding hydrogens is 224 g/mol. The fourth-order valence-corrected chi connectivity index (χ4v) is 0.962. The summed E-state index contributed by atoms with van der Waals surface area (Å²) in [5, 5.41) is 13.5. The molecule has 6 nitrogen and oxygen atoms in total. The minimum Gasteiger partial charge on any atom is -0.481 e. The van der Waals surface area contributed by atoms with Gasteiger partial charge in [0.25, 0.3) is 5.97 Å². The number of hydrogen-bond acceptors (Lipinski definition) is 5. The highest BCUT2D eigenvalue weighted by atomic mass is 35.5. The standard InChI is InChI=1S/C6H12N2O2.C2H4O2.ClH/c1-10-6(9)5-4-7-2-3-8-5;1-2(3)4;/h5,7-8H,2-4H2,1H3;1H3,(H,3,4);1H. The molecule has 1 heterocycles. The summed E-state index contributed by atoms with van der Waals surface area (Å²) in [5.41, 5.74) is 0. The largest absolute Gasteiger partial charge is 0.481 e. The molecule has 1 aliphatic rings. The maximum Gasteiger partial charge on any atom is 0.324 e. The quantitative estimate of drug-likeness (QED) is 0.522. The molecule has 0 amide bonds. The van der Waals surface area contributed by atoms with Gasteiger partial charge in [-0.15, -0.1) is 12.4 Å². The zero-order valence-corrected chi connectivity index (χ0v) is 9.60. The van der Waals surface area contributed by atoms with Crippen LogP contribution in [0.1, 0.15) is 6.92 Å². The van der Waals surface area contributed by atoms with E-state index in [4.69, 9.17) is 9.90 Å². The van der Waals surface area contributed by atoms with Gasteiger partial charge in [0.1, 0.15) is 6.04 Å². The minimum absolute atomic E-state index is 0. The molecule has 1 atom stereocenters. The molecular formula is C8H17ClN2O4. The van der Waals surface area contributed by atoms with Crippen LogP contribution in [0.3, 0.4) is 0 Å². The lowest BCUT2D eigenvalue weighted by atomic mass is 10.2. The van der Waals surface area contributed by atoms with Crippen LogP contribution in [0.15, 0.2) is 0 Å². The van der Waals surface area contributed by atoms with Crippen LogP contribution in [0.4, 0.5) is 0 Å². The van der Waals surface area contributed by atoms with Gasteiger partial charge in [-0.3, -0.25) is 9.59 Å². The molecule has 1 aliphatic heterocycles. The van der Waals surface area contributed by atoms with Crippen LogP contribution in [0.25, 0.3) is 0 Å². The topological polar surface area (TPSA) is 87.7 Å². The normalized spacial score (nSPS) is 18.9. The number of nitrogens with one attached hydrogen (secondary N) is 2. The summed E-state index contributed by atoms with van der Waals surface area (Å²) in [6, 6.07) is -0.154. The molecule has 1 saturated heterocycles. The Labute approximate surface area is 94.8 Å². The summed E-state index contributed by atoms with van der Waals surface area (Å²) in [4.78, 5) is 19.8. The van der Waals surface area contributed by atoms with Crippen molar-refractivity contribution in [2.24, 2.45) is 0 Å². The molecule has 0 aromatic rings. The highest BCUT2D eigenvalue weighted by Crippen LogP contribution is 1.88. The molecule has 7 heteroatoms. The molecule has 0 bridgehead atoms. The monoisotopic (exact) mass is 240 g/mol. The number of hydrogen-bond donors (Lipinski definition) is 3. The van der Waals surface area contributed by atoms with Gasteiger partial charge >= 0.3 is 5.97 Å². The third-order valence-electron chi connectivity index (χ3n) is 1.53. The van der Waals surface area contributed by atoms with Crippen LogP contribution in [-0.4, -0.2) is 49.8 Å². The van der Waals surface area contributed by atoms with Crippen LogP contribution in [0, 0.1) is 0 Å². The summed E-state index contributed by atoms with van der Waals surface area (Å²) >= 11 is 0. The number of rotatable bonds is 1. The number of carbonyl (C=O) groups excluding carboxylic acids is 1. The van der Waals surface area contributed by atoms with Gasteiger partial charge in [0, 0.05) is 26.6 Å². The van der Waals surface area contributed by atoms with Crippen molar-refractivity contribution in [3.05, 3.63) is 0 Å². The zero-order valence-electron chi connectivity index (χ0n) is 8.78. The predicted molar refractivity (Wildman–Crippen MR) is 57.2 cm³/mol. The van der Waals surface area contributed by atoms with E-state index >= 15 is 0 Å². The summed E-state index contributed by atoms with van der Waals surface area (Å²) in [6.45, 7) is 3.51. The van der Waals surface area contributed by atoms with Gasteiger partial charge in [-0.05, 0) is 0 Å². The first-order chi connectivity index (χ1) is 6.57. The Balaban J connectivity index is 0. The van der Waals surface area contributed by atoms with Gasteiger partial charge < -0.3 is 20.5 Å². The second-order valence-electron chi connectivity index (χ2n) is 2.75. The average molecular weight is 241 g/mol. The van der Waals surface area contributed by atoms with Gasteiger partial charge in [0.15, 0.2) is 0 Å². The fourth-order valence-electron chi connectivity index (χ4n) is 0.962. The van der Waals surface area contributed by atoms with Crippen LogP contribution < -0.4 is 10.6 Å².